The third-order valence-corrected chi connectivity index (χ3v) is 7.53. The maximum Gasteiger partial charge on any atom is 0.328 e. The second-order valence-electron chi connectivity index (χ2n) is 8.49. The highest BCUT2D eigenvalue weighted by molar-refractivity contribution is 8.14. The Morgan fingerprint density at radius 2 is 1.50 bits per heavy atom. The van der Waals surface area contributed by atoms with Crippen molar-refractivity contribution in [3.63, 3.8) is 0 Å². The number of amides is 3. The van der Waals surface area contributed by atoms with Crippen molar-refractivity contribution < 1.29 is 28.7 Å². The molecule has 0 aromatic heterocycles. The zero-order valence-corrected chi connectivity index (χ0v) is 20.2. The van der Waals surface area contributed by atoms with Crippen molar-refractivity contribution in [1.82, 2.24) is 14.7 Å². The van der Waals surface area contributed by atoms with Crippen LogP contribution >= 0.6 is 23.4 Å². The summed E-state index contributed by atoms with van der Waals surface area (Å²) < 4.78 is 4.88. The molecule has 3 fully saturated rings. The second kappa shape index (κ2) is 10.4. The summed E-state index contributed by atoms with van der Waals surface area (Å²) in [5.41, 5.74) is 0. The van der Waals surface area contributed by atoms with Gasteiger partial charge in [0.25, 0.3) is 0 Å². The average molecular weight is 488 g/mol. The van der Waals surface area contributed by atoms with Crippen molar-refractivity contribution >= 4 is 52.2 Å². The minimum atomic E-state index is -0.774. The number of carbonyl (C=O) groups is 5. The van der Waals surface area contributed by atoms with Crippen LogP contribution in [0.1, 0.15) is 46.0 Å². The highest BCUT2D eigenvalue weighted by atomic mass is 35.5. The van der Waals surface area contributed by atoms with Crippen molar-refractivity contribution in [2.75, 3.05) is 26.7 Å². The molecule has 3 rings (SSSR count). The Hall–Kier alpha value is -1.81. The number of nitrogens with zero attached hydrogens (tertiary/aromatic N) is 3. The zero-order valence-electron chi connectivity index (χ0n) is 18.6. The number of rotatable bonds is 5. The maximum atomic E-state index is 13.5. The Morgan fingerprint density at radius 3 is 2.06 bits per heavy atom. The van der Waals surface area contributed by atoms with E-state index in [2.05, 4.69) is 0 Å². The lowest BCUT2D eigenvalue weighted by Gasteiger charge is -2.34. The lowest BCUT2D eigenvalue weighted by molar-refractivity contribution is -0.155. The molecule has 3 amide bonds. The number of hydrogen-bond acceptors (Lipinski definition) is 7. The molecule has 3 aliphatic heterocycles. The van der Waals surface area contributed by atoms with Gasteiger partial charge < -0.3 is 19.4 Å². The molecule has 0 radical (unpaired) electrons. The summed E-state index contributed by atoms with van der Waals surface area (Å²) in [5, 5.41) is -0.995. The van der Waals surface area contributed by atoms with Crippen molar-refractivity contribution in [3.8, 4) is 0 Å². The fourth-order valence-electron chi connectivity index (χ4n) is 4.91. The van der Waals surface area contributed by atoms with Gasteiger partial charge >= 0.3 is 5.97 Å². The number of likely N-dealkylation sites (tertiary alicyclic amines) is 3. The molecule has 3 heterocycles. The summed E-state index contributed by atoms with van der Waals surface area (Å²) >= 11 is 7.08. The first-order valence-electron chi connectivity index (χ1n) is 11.0. The van der Waals surface area contributed by atoms with E-state index in [9.17, 15) is 24.0 Å². The monoisotopic (exact) mass is 487 g/mol. The molecule has 5 atom stereocenters. The Labute approximate surface area is 197 Å². The summed E-state index contributed by atoms with van der Waals surface area (Å²) in [7, 11) is 1.27. The molecule has 0 aromatic rings. The smallest absolute Gasteiger partial charge is 0.328 e. The van der Waals surface area contributed by atoms with E-state index in [4.69, 9.17) is 16.3 Å². The van der Waals surface area contributed by atoms with Gasteiger partial charge in [-0.2, -0.15) is 0 Å². The normalized spacial score (nSPS) is 28.7. The van der Waals surface area contributed by atoms with E-state index in [1.165, 1.54) is 23.8 Å². The quantitative estimate of drug-likeness (QED) is 0.421. The van der Waals surface area contributed by atoms with Gasteiger partial charge in [0, 0.05) is 31.8 Å². The topological polar surface area (TPSA) is 104 Å². The number of methoxy groups -OCH3 is 1. The largest absolute Gasteiger partial charge is 0.467 e. The first kappa shape index (κ1) is 24.8. The maximum absolute atomic E-state index is 13.5. The molecule has 0 N–H and O–H groups in total. The Bertz CT molecular complexity index is 793. The molecule has 0 bridgehead atoms. The summed E-state index contributed by atoms with van der Waals surface area (Å²) in [6.45, 7) is 4.18. The minimum absolute atomic E-state index is 0.0786. The van der Waals surface area contributed by atoms with Crippen LogP contribution in [-0.2, 0) is 28.7 Å². The van der Waals surface area contributed by atoms with Crippen LogP contribution in [0.15, 0.2) is 0 Å². The Morgan fingerprint density at radius 1 is 0.938 bits per heavy atom. The van der Waals surface area contributed by atoms with Gasteiger partial charge in [0.1, 0.15) is 23.5 Å². The van der Waals surface area contributed by atoms with Crippen molar-refractivity contribution in [1.29, 1.82) is 0 Å². The Kier molecular flexibility index (Phi) is 8.08. The number of thioether (sulfide) groups is 1. The first-order chi connectivity index (χ1) is 15.1. The summed E-state index contributed by atoms with van der Waals surface area (Å²) in [5.74, 6) is -1.35. The van der Waals surface area contributed by atoms with E-state index in [1.54, 1.807) is 11.8 Å². The van der Waals surface area contributed by atoms with Gasteiger partial charge in [-0.05, 0) is 39.0 Å². The van der Waals surface area contributed by atoms with E-state index < -0.39 is 29.5 Å². The van der Waals surface area contributed by atoms with Gasteiger partial charge in [0.15, 0.2) is 5.12 Å². The van der Waals surface area contributed by atoms with Gasteiger partial charge in [-0.3, -0.25) is 19.2 Å². The van der Waals surface area contributed by atoms with Crippen molar-refractivity contribution in [2.24, 2.45) is 0 Å². The third-order valence-electron chi connectivity index (χ3n) is 6.33. The second-order valence-corrected chi connectivity index (χ2v) is 10.6. The predicted molar refractivity (Wildman–Crippen MR) is 119 cm³/mol. The zero-order chi connectivity index (χ0) is 23.6. The highest BCUT2D eigenvalue weighted by Gasteiger charge is 2.48. The first-order valence-corrected chi connectivity index (χ1v) is 12.3. The van der Waals surface area contributed by atoms with Crippen LogP contribution in [0.5, 0.6) is 0 Å². The number of halogens is 1. The Balaban J connectivity index is 1.76. The van der Waals surface area contributed by atoms with Crippen LogP contribution in [0.3, 0.4) is 0 Å². The third kappa shape index (κ3) is 5.06. The molecule has 11 heteroatoms. The lowest BCUT2D eigenvalue weighted by atomic mass is 10.1. The van der Waals surface area contributed by atoms with E-state index in [0.29, 0.717) is 45.2 Å². The molecular weight excluding hydrogens is 458 g/mol. The summed E-state index contributed by atoms with van der Waals surface area (Å²) in [6.07, 6.45) is 2.74. The van der Waals surface area contributed by atoms with Crippen LogP contribution in [0, 0.1) is 0 Å². The molecule has 0 spiro atoms. The summed E-state index contributed by atoms with van der Waals surface area (Å²) in [4.78, 5) is 67.7. The van der Waals surface area contributed by atoms with Gasteiger partial charge in [0.2, 0.25) is 17.7 Å². The molecule has 0 aliphatic carbocycles. The molecule has 178 valence electrons. The van der Waals surface area contributed by atoms with Gasteiger partial charge in [-0.25, -0.2) is 4.79 Å². The van der Waals surface area contributed by atoms with Crippen molar-refractivity contribution in [2.45, 2.75) is 74.7 Å². The number of esters is 1. The highest BCUT2D eigenvalue weighted by Crippen LogP contribution is 2.32. The van der Waals surface area contributed by atoms with Crippen LogP contribution in [-0.4, -0.2) is 99.0 Å². The predicted octanol–water partition coefficient (Wildman–Crippen LogP) is 1.02. The molecular formula is C21H30ClN3O6S. The fraction of sp³-hybridized carbons (Fsp3) is 0.762. The molecule has 3 saturated heterocycles. The van der Waals surface area contributed by atoms with E-state index >= 15 is 0 Å². The lowest BCUT2D eigenvalue weighted by Crippen LogP contribution is -2.55. The molecule has 0 saturated carbocycles. The van der Waals surface area contributed by atoms with Gasteiger partial charge in [-0.1, -0.05) is 11.8 Å². The average Bonchev–Trinajstić information content (AvgIpc) is 3.50. The van der Waals surface area contributed by atoms with Gasteiger partial charge in [0.05, 0.1) is 7.11 Å². The number of ether oxygens (including phenoxy) is 1. The minimum Gasteiger partial charge on any atom is -0.467 e. The van der Waals surface area contributed by atoms with Gasteiger partial charge in [-0.15, -0.1) is 11.6 Å². The summed E-state index contributed by atoms with van der Waals surface area (Å²) in [6, 6.07) is -2.08. The van der Waals surface area contributed by atoms with Crippen LogP contribution < -0.4 is 0 Å². The molecule has 9 nitrogen and oxygen atoms in total. The van der Waals surface area contributed by atoms with Crippen LogP contribution in [0.4, 0.5) is 0 Å². The van der Waals surface area contributed by atoms with Crippen LogP contribution in [0.2, 0.25) is 0 Å². The van der Waals surface area contributed by atoms with Crippen molar-refractivity contribution in [3.05, 3.63) is 0 Å². The number of carbonyl (C=O) groups excluding carboxylic acids is 5. The van der Waals surface area contributed by atoms with E-state index in [0.717, 1.165) is 11.8 Å². The molecule has 0 aromatic carbocycles. The molecule has 3 aliphatic rings. The standard InChI is InChI=1S/C21H30ClN3O6S/c1-12(22)18(27)23-8-4-6-15(23)19(28)24-9-5-7-16(24)20(29)25-11-14(32-13(2)26)10-17(25)21(30)31-3/h12,14-17H,4-11H2,1-3H3/t12-,14-,15-,16-,17-/m0/s1. The SMILES string of the molecule is COC(=O)[C@@H]1C[C@H](SC(C)=O)CN1C(=O)[C@@H]1CCCN1C(=O)[C@@H]1CCCN1C(=O)[C@H](C)Cl. The fourth-order valence-corrected chi connectivity index (χ4v) is 6.01. The molecule has 0 unspecified atom stereocenters. The van der Waals surface area contributed by atoms with Crippen LogP contribution in [0.25, 0.3) is 0 Å². The number of alkyl halides is 1. The molecule has 32 heavy (non-hydrogen) atoms. The van der Waals surface area contributed by atoms with E-state index in [-0.39, 0.29) is 34.6 Å². The van der Waals surface area contributed by atoms with E-state index in [1.807, 2.05) is 0 Å². The number of hydrogen-bond donors (Lipinski definition) is 0.